The van der Waals surface area contributed by atoms with Gasteiger partial charge in [0.15, 0.2) is 0 Å². The zero-order valence-corrected chi connectivity index (χ0v) is 11.9. The molecule has 0 bridgehead atoms. The van der Waals surface area contributed by atoms with E-state index in [1.807, 2.05) is 24.4 Å². The van der Waals surface area contributed by atoms with Gasteiger partial charge in [-0.2, -0.15) is 0 Å². The minimum atomic E-state index is 0.555. The Bertz CT molecular complexity index is 579. The SMILES string of the molecule is COc1ccc2c(NCC3CCCCN3)nccc2c1. The number of rotatable bonds is 4. The zero-order chi connectivity index (χ0) is 13.8. The van der Waals surface area contributed by atoms with Crippen molar-refractivity contribution in [1.29, 1.82) is 0 Å². The number of aromatic nitrogens is 1. The van der Waals surface area contributed by atoms with Crippen molar-refractivity contribution in [3.8, 4) is 5.75 Å². The molecule has 20 heavy (non-hydrogen) atoms. The second kappa shape index (κ2) is 6.09. The summed E-state index contributed by atoms with van der Waals surface area (Å²) in [6, 6.07) is 8.66. The first-order chi connectivity index (χ1) is 9.86. The Morgan fingerprint density at radius 2 is 2.30 bits per heavy atom. The van der Waals surface area contributed by atoms with Crippen molar-refractivity contribution >= 4 is 16.6 Å². The Kier molecular flexibility index (Phi) is 4.02. The van der Waals surface area contributed by atoms with Crippen LogP contribution in [0.15, 0.2) is 30.5 Å². The lowest BCUT2D eigenvalue weighted by Gasteiger charge is -2.24. The van der Waals surface area contributed by atoms with Gasteiger partial charge < -0.3 is 15.4 Å². The topological polar surface area (TPSA) is 46.2 Å². The number of nitrogens with zero attached hydrogens (tertiary/aromatic N) is 1. The molecular weight excluding hydrogens is 250 g/mol. The van der Waals surface area contributed by atoms with Crippen LogP contribution in [0.3, 0.4) is 0 Å². The number of methoxy groups -OCH3 is 1. The summed E-state index contributed by atoms with van der Waals surface area (Å²) >= 11 is 0. The van der Waals surface area contributed by atoms with Crippen LogP contribution in [-0.2, 0) is 0 Å². The van der Waals surface area contributed by atoms with E-state index >= 15 is 0 Å². The van der Waals surface area contributed by atoms with Crippen LogP contribution in [0.4, 0.5) is 5.82 Å². The van der Waals surface area contributed by atoms with Crippen LogP contribution in [0, 0.1) is 0 Å². The molecule has 0 radical (unpaired) electrons. The van der Waals surface area contributed by atoms with Crippen molar-refractivity contribution in [1.82, 2.24) is 10.3 Å². The third-order valence-corrected chi connectivity index (χ3v) is 3.90. The highest BCUT2D eigenvalue weighted by atomic mass is 16.5. The fourth-order valence-corrected chi connectivity index (χ4v) is 2.74. The summed E-state index contributed by atoms with van der Waals surface area (Å²) < 4.78 is 5.27. The molecule has 1 fully saturated rings. The van der Waals surface area contributed by atoms with E-state index in [-0.39, 0.29) is 0 Å². The van der Waals surface area contributed by atoms with E-state index in [9.17, 15) is 0 Å². The second-order valence-corrected chi connectivity index (χ2v) is 5.27. The molecule has 3 rings (SSSR count). The number of ether oxygens (including phenoxy) is 1. The molecular formula is C16H21N3O. The number of piperidine rings is 1. The molecule has 2 aromatic rings. The monoisotopic (exact) mass is 271 g/mol. The van der Waals surface area contributed by atoms with Crippen molar-refractivity contribution in [3.63, 3.8) is 0 Å². The zero-order valence-electron chi connectivity index (χ0n) is 11.9. The Hall–Kier alpha value is -1.81. The minimum Gasteiger partial charge on any atom is -0.497 e. The average molecular weight is 271 g/mol. The third-order valence-electron chi connectivity index (χ3n) is 3.90. The van der Waals surface area contributed by atoms with Gasteiger partial charge in [-0.05, 0) is 49.0 Å². The van der Waals surface area contributed by atoms with Gasteiger partial charge in [-0.1, -0.05) is 6.42 Å². The van der Waals surface area contributed by atoms with Gasteiger partial charge in [0, 0.05) is 24.2 Å². The maximum Gasteiger partial charge on any atom is 0.133 e. The maximum atomic E-state index is 5.27. The highest BCUT2D eigenvalue weighted by molar-refractivity contribution is 5.92. The van der Waals surface area contributed by atoms with E-state index in [1.165, 1.54) is 19.3 Å². The first-order valence-corrected chi connectivity index (χ1v) is 7.27. The van der Waals surface area contributed by atoms with E-state index in [0.29, 0.717) is 6.04 Å². The first kappa shape index (κ1) is 13.2. The quantitative estimate of drug-likeness (QED) is 0.897. The van der Waals surface area contributed by atoms with Crippen molar-refractivity contribution in [3.05, 3.63) is 30.5 Å². The lowest BCUT2D eigenvalue weighted by Crippen LogP contribution is -2.39. The predicted molar refractivity (Wildman–Crippen MR) is 82.4 cm³/mol. The largest absolute Gasteiger partial charge is 0.497 e. The fraction of sp³-hybridized carbons (Fsp3) is 0.438. The van der Waals surface area contributed by atoms with Gasteiger partial charge in [0.2, 0.25) is 0 Å². The molecule has 106 valence electrons. The Morgan fingerprint density at radius 3 is 3.10 bits per heavy atom. The molecule has 1 atom stereocenters. The standard InChI is InChI=1S/C16H21N3O/c1-20-14-5-6-15-12(10-14)7-9-18-16(15)19-11-13-4-2-3-8-17-13/h5-7,9-10,13,17H,2-4,8,11H2,1H3,(H,18,19). The molecule has 0 aliphatic carbocycles. The van der Waals surface area contributed by atoms with Crippen molar-refractivity contribution in [2.75, 3.05) is 25.5 Å². The minimum absolute atomic E-state index is 0.555. The number of fused-ring (bicyclic) bond motifs is 1. The molecule has 1 aromatic carbocycles. The molecule has 4 heteroatoms. The second-order valence-electron chi connectivity index (χ2n) is 5.27. The Morgan fingerprint density at radius 1 is 1.35 bits per heavy atom. The Labute approximate surface area is 119 Å². The van der Waals surface area contributed by atoms with E-state index in [2.05, 4.69) is 21.7 Å². The van der Waals surface area contributed by atoms with Gasteiger partial charge in [-0.3, -0.25) is 0 Å². The highest BCUT2D eigenvalue weighted by Gasteiger charge is 2.12. The van der Waals surface area contributed by atoms with Crippen molar-refractivity contribution < 1.29 is 4.74 Å². The molecule has 0 saturated carbocycles. The van der Waals surface area contributed by atoms with Gasteiger partial charge >= 0.3 is 0 Å². The molecule has 0 spiro atoms. The number of benzene rings is 1. The predicted octanol–water partition coefficient (Wildman–Crippen LogP) is 2.80. The van der Waals surface area contributed by atoms with Crippen LogP contribution in [0.25, 0.3) is 10.8 Å². The smallest absolute Gasteiger partial charge is 0.133 e. The lowest BCUT2D eigenvalue weighted by atomic mass is 10.1. The van der Waals surface area contributed by atoms with Crippen molar-refractivity contribution in [2.24, 2.45) is 0 Å². The van der Waals surface area contributed by atoms with Gasteiger partial charge in [0.1, 0.15) is 11.6 Å². The molecule has 1 aromatic heterocycles. The normalized spacial score (nSPS) is 18.9. The van der Waals surface area contributed by atoms with Gasteiger partial charge in [-0.15, -0.1) is 0 Å². The van der Waals surface area contributed by atoms with Crippen molar-refractivity contribution in [2.45, 2.75) is 25.3 Å². The molecule has 1 aliphatic heterocycles. The number of pyridine rings is 1. The highest BCUT2D eigenvalue weighted by Crippen LogP contribution is 2.25. The first-order valence-electron chi connectivity index (χ1n) is 7.27. The van der Waals surface area contributed by atoms with E-state index in [1.54, 1.807) is 7.11 Å². The van der Waals surface area contributed by atoms with Gasteiger partial charge in [0.25, 0.3) is 0 Å². The lowest BCUT2D eigenvalue weighted by molar-refractivity contribution is 0.414. The summed E-state index contributed by atoms with van der Waals surface area (Å²) in [6.45, 7) is 2.06. The van der Waals surface area contributed by atoms with Crippen LogP contribution in [0.2, 0.25) is 0 Å². The van der Waals surface area contributed by atoms with Crippen LogP contribution < -0.4 is 15.4 Å². The van der Waals surface area contributed by atoms with Gasteiger partial charge in [-0.25, -0.2) is 4.98 Å². The molecule has 2 N–H and O–H groups in total. The summed E-state index contributed by atoms with van der Waals surface area (Å²) in [5, 5.41) is 9.32. The van der Waals surface area contributed by atoms with Crippen LogP contribution in [0.1, 0.15) is 19.3 Å². The maximum absolute atomic E-state index is 5.27. The van der Waals surface area contributed by atoms with E-state index in [0.717, 1.165) is 35.4 Å². The van der Waals surface area contributed by atoms with Gasteiger partial charge in [0.05, 0.1) is 7.11 Å². The third kappa shape index (κ3) is 2.85. The van der Waals surface area contributed by atoms with Crippen LogP contribution in [-0.4, -0.2) is 31.2 Å². The van der Waals surface area contributed by atoms with E-state index in [4.69, 9.17) is 4.74 Å². The average Bonchev–Trinajstić information content (AvgIpc) is 2.53. The Balaban J connectivity index is 1.76. The summed E-state index contributed by atoms with van der Waals surface area (Å²) in [6.07, 6.45) is 5.70. The number of hydrogen-bond acceptors (Lipinski definition) is 4. The summed E-state index contributed by atoms with van der Waals surface area (Å²) in [4.78, 5) is 4.47. The van der Waals surface area contributed by atoms with Crippen LogP contribution in [0.5, 0.6) is 5.75 Å². The molecule has 1 saturated heterocycles. The number of nitrogens with one attached hydrogen (secondary N) is 2. The summed E-state index contributed by atoms with van der Waals surface area (Å²) in [7, 11) is 1.69. The molecule has 1 unspecified atom stereocenters. The molecule has 0 amide bonds. The molecule has 2 heterocycles. The number of hydrogen-bond donors (Lipinski definition) is 2. The fourth-order valence-electron chi connectivity index (χ4n) is 2.74. The number of anilines is 1. The summed E-state index contributed by atoms with van der Waals surface area (Å²) in [5.74, 6) is 1.83. The van der Waals surface area contributed by atoms with E-state index < -0.39 is 0 Å². The summed E-state index contributed by atoms with van der Waals surface area (Å²) in [5.41, 5.74) is 0. The molecule has 4 nitrogen and oxygen atoms in total. The molecule has 1 aliphatic rings. The van der Waals surface area contributed by atoms with Crippen LogP contribution >= 0.6 is 0 Å².